The summed E-state index contributed by atoms with van der Waals surface area (Å²) in [5.74, 6) is 0.0961. The van der Waals surface area contributed by atoms with Gasteiger partial charge >= 0.3 is 5.97 Å². The Kier molecular flexibility index (Phi) is 4.19. The van der Waals surface area contributed by atoms with Gasteiger partial charge in [0.15, 0.2) is 0 Å². The van der Waals surface area contributed by atoms with Gasteiger partial charge < -0.3 is 10.0 Å². The smallest absolute Gasteiger partial charge is 0.326 e. The highest BCUT2D eigenvalue weighted by molar-refractivity contribution is 8.00. The van der Waals surface area contributed by atoms with Crippen LogP contribution in [0.3, 0.4) is 0 Å². The molecular weight excluding hydrogens is 286 g/mol. The van der Waals surface area contributed by atoms with Crippen LogP contribution in [0.4, 0.5) is 0 Å². The molecule has 112 valence electrons. The van der Waals surface area contributed by atoms with E-state index in [-0.39, 0.29) is 11.2 Å². The largest absolute Gasteiger partial charge is 0.480 e. The van der Waals surface area contributed by atoms with Gasteiger partial charge in [0, 0.05) is 13.0 Å². The van der Waals surface area contributed by atoms with E-state index in [1.54, 1.807) is 16.7 Å². The molecule has 21 heavy (non-hydrogen) atoms. The zero-order valence-electron chi connectivity index (χ0n) is 11.8. The molecule has 0 radical (unpaired) electrons. The summed E-state index contributed by atoms with van der Waals surface area (Å²) in [6.45, 7) is 0.420. The average Bonchev–Trinajstić information content (AvgIpc) is 2.53. The van der Waals surface area contributed by atoms with Gasteiger partial charge in [-0.15, -0.1) is 11.8 Å². The number of hydrogen-bond acceptors (Lipinski definition) is 3. The molecule has 3 rings (SSSR count). The Balaban J connectivity index is 1.85. The maximum atomic E-state index is 12.7. The van der Waals surface area contributed by atoms with Crippen molar-refractivity contribution in [3.05, 3.63) is 35.4 Å². The molecule has 2 heterocycles. The first-order valence-corrected chi connectivity index (χ1v) is 8.43. The fourth-order valence-electron chi connectivity index (χ4n) is 3.10. The van der Waals surface area contributed by atoms with Crippen LogP contribution in [0.5, 0.6) is 0 Å². The normalized spacial score (nSPS) is 25.2. The number of benzene rings is 1. The number of nitrogens with zero attached hydrogens (tertiary/aromatic N) is 1. The number of rotatable bonds is 2. The van der Waals surface area contributed by atoms with Gasteiger partial charge in [-0.2, -0.15) is 0 Å². The summed E-state index contributed by atoms with van der Waals surface area (Å²) < 4.78 is 0. The van der Waals surface area contributed by atoms with Crippen molar-refractivity contribution in [2.24, 2.45) is 0 Å². The van der Waals surface area contributed by atoms with Crippen molar-refractivity contribution in [3.8, 4) is 0 Å². The van der Waals surface area contributed by atoms with Crippen LogP contribution < -0.4 is 0 Å². The number of fused-ring (bicyclic) bond motifs is 1. The second kappa shape index (κ2) is 6.10. The van der Waals surface area contributed by atoms with Crippen molar-refractivity contribution < 1.29 is 14.7 Å². The molecule has 0 aromatic heterocycles. The molecule has 4 nitrogen and oxygen atoms in total. The maximum absolute atomic E-state index is 12.7. The first-order chi connectivity index (χ1) is 10.2. The van der Waals surface area contributed by atoms with E-state index in [4.69, 9.17) is 0 Å². The number of thioether (sulfide) groups is 1. The van der Waals surface area contributed by atoms with E-state index in [0.717, 1.165) is 36.1 Å². The standard InChI is InChI=1S/C16H19NO3S/c18-15(14-7-3-4-8-21-14)17-10-12-6-2-1-5-11(12)9-13(17)16(19)20/h1-2,5-6,13-14H,3-4,7-10H2,(H,19,20). The number of hydrogen-bond donors (Lipinski definition) is 1. The van der Waals surface area contributed by atoms with Crippen LogP contribution in [0, 0.1) is 0 Å². The third-order valence-corrected chi connectivity index (χ3v) is 5.64. The first-order valence-electron chi connectivity index (χ1n) is 7.38. The molecule has 1 N–H and O–H groups in total. The molecule has 2 unspecified atom stereocenters. The van der Waals surface area contributed by atoms with Crippen molar-refractivity contribution in [1.29, 1.82) is 0 Å². The van der Waals surface area contributed by atoms with Crippen LogP contribution in [-0.4, -0.2) is 38.9 Å². The Morgan fingerprint density at radius 2 is 1.95 bits per heavy atom. The lowest BCUT2D eigenvalue weighted by Crippen LogP contribution is -2.51. The van der Waals surface area contributed by atoms with Crippen LogP contribution in [0.2, 0.25) is 0 Å². The van der Waals surface area contributed by atoms with Crippen molar-refractivity contribution >= 4 is 23.6 Å². The molecular formula is C16H19NO3S. The lowest BCUT2D eigenvalue weighted by molar-refractivity contribution is -0.151. The first kappa shape index (κ1) is 14.4. The van der Waals surface area contributed by atoms with Gasteiger partial charge in [0.1, 0.15) is 6.04 Å². The minimum absolute atomic E-state index is 0.00148. The van der Waals surface area contributed by atoms with E-state index in [1.807, 2.05) is 24.3 Å². The van der Waals surface area contributed by atoms with E-state index in [2.05, 4.69) is 0 Å². The monoisotopic (exact) mass is 305 g/mol. The van der Waals surface area contributed by atoms with E-state index in [0.29, 0.717) is 13.0 Å². The van der Waals surface area contributed by atoms with Gasteiger partial charge in [-0.05, 0) is 29.7 Å². The van der Waals surface area contributed by atoms with Gasteiger partial charge in [-0.3, -0.25) is 4.79 Å². The molecule has 5 heteroatoms. The van der Waals surface area contributed by atoms with Gasteiger partial charge in [-0.25, -0.2) is 4.79 Å². The molecule has 1 fully saturated rings. The lowest BCUT2D eigenvalue weighted by atomic mass is 9.93. The third-order valence-electron chi connectivity index (χ3n) is 4.27. The summed E-state index contributed by atoms with van der Waals surface area (Å²) in [4.78, 5) is 25.9. The second-order valence-corrected chi connectivity index (χ2v) is 6.96. The van der Waals surface area contributed by atoms with Gasteiger partial charge in [0.05, 0.1) is 5.25 Å². The predicted molar refractivity (Wildman–Crippen MR) is 82.2 cm³/mol. The topological polar surface area (TPSA) is 57.6 Å². The van der Waals surface area contributed by atoms with E-state index >= 15 is 0 Å². The van der Waals surface area contributed by atoms with Gasteiger partial charge in [0.25, 0.3) is 0 Å². The van der Waals surface area contributed by atoms with Gasteiger partial charge in [-0.1, -0.05) is 30.7 Å². The summed E-state index contributed by atoms with van der Waals surface area (Å²) in [6.07, 6.45) is 3.49. The van der Waals surface area contributed by atoms with Crippen LogP contribution >= 0.6 is 11.8 Å². The number of carbonyl (C=O) groups is 2. The molecule has 0 spiro atoms. The SMILES string of the molecule is O=C(O)C1Cc2ccccc2CN1C(=O)C1CCCCS1. The minimum atomic E-state index is -0.904. The van der Waals surface area contributed by atoms with Crippen molar-refractivity contribution in [1.82, 2.24) is 4.90 Å². The molecule has 0 saturated carbocycles. The highest BCUT2D eigenvalue weighted by Gasteiger charge is 2.37. The summed E-state index contributed by atoms with van der Waals surface area (Å²) >= 11 is 1.68. The molecule has 1 amide bonds. The van der Waals surface area contributed by atoms with Crippen molar-refractivity contribution in [2.45, 2.75) is 43.5 Å². The van der Waals surface area contributed by atoms with Gasteiger partial charge in [0.2, 0.25) is 5.91 Å². The number of carboxylic acids is 1. The Hall–Kier alpha value is -1.49. The number of amides is 1. The fourth-order valence-corrected chi connectivity index (χ4v) is 4.36. The molecule has 1 aromatic carbocycles. The van der Waals surface area contributed by atoms with Crippen LogP contribution in [-0.2, 0) is 22.6 Å². The predicted octanol–water partition coefficient (Wildman–Crippen LogP) is 2.31. The van der Waals surface area contributed by atoms with Crippen LogP contribution in [0.15, 0.2) is 24.3 Å². The molecule has 0 bridgehead atoms. The number of carbonyl (C=O) groups excluding carboxylic acids is 1. The zero-order valence-corrected chi connectivity index (χ0v) is 12.6. The Labute approximate surface area is 128 Å². The number of carboxylic acid groups (broad SMARTS) is 1. The Bertz CT molecular complexity index is 554. The second-order valence-electron chi connectivity index (χ2n) is 5.65. The molecule has 1 aromatic rings. The summed E-state index contributed by atoms with van der Waals surface area (Å²) in [5, 5.41) is 9.42. The number of aliphatic carboxylic acids is 1. The Morgan fingerprint density at radius 3 is 2.62 bits per heavy atom. The Morgan fingerprint density at radius 1 is 1.19 bits per heavy atom. The minimum Gasteiger partial charge on any atom is -0.480 e. The lowest BCUT2D eigenvalue weighted by Gasteiger charge is -2.37. The third kappa shape index (κ3) is 2.93. The van der Waals surface area contributed by atoms with E-state index in [1.165, 1.54) is 0 Å². The fraction of sp³-hybridized carbons (Fsp3) is 0.500. The highest BCUT2D eigenvalue weighted by atomic mass is 32.2. The van der Waals surface area contributed by atoms with Crippen molar-refractivity contribution in [2.75, 3.05) is 5.75 Å². The zero-order chi connectivity index (χ0) is 14.8. The summed E-state index contributed by atoms with van der Waals surface area (Å²) in [5.41, 5.74) is 2.12. The molecule has 2 atom stereocenters. The van der Waals surface area contributed by atoms with Crippen molar-refractivity contribution in [3.63, 3.8) is 0 Å². The maximum Gasteiger partial charge on any atom is 0.326 e. The summed E-state index contributed by atoms with van der Waals surface area (Å²) in [6, 6.07) is 7.09. The van der Waals surface area contributed by atoms with E-state index < -0.39 is 12.0 Å². The summed E-state index contributed by atoms with van der Waals surface area (Å²) in [7, 11) is 0. The van der Waals surface area contributed by atoms with Crippen LogP contribution in [0.1, 0.15) is 30.4 Å². The quantitative estimate of drug-likeness (QED) is 0.911. The molecule has 2 aliphatic heterocycles. The van der Waals surface area contributed by atoms with Crippen LogP contribution in [0.25, 0.3) is 0 Å². The highest BCUT2D eigenvalue weighted by Crippen LogP contribution is 2.30. The molecule has 1 saturated heterocycles. The van der Waals surface area contributed by atoms with E-state index in [9.17, 15) is 14.7 Å². The molecule has 2 aliphatic rings. The average molecular weight is 305 g/mol. The molecule has 0 aliphatic carbocycles.